The fourth-order valence-electron chi connectivity index (χ4n) is 1.79. The molecule has 0 unspecified atom stereocenters. The van der Waals surface area contributed by atoms with Gasteiger partial charge in [-0.1, -0.05) is 12.2 Å². The van der Waals surface area contributed by atoms with Crippen molar-refractivity contribution in [3.63, 3.8) is 0 Å². The van der Waals surface area contributed by atoms with Crippen molar-refractivity contribution in [2.45, 2.75) is 18.2 Å². The SMILES string of the molecule is C=C(C)CN(C)S(=O)(=O)c1ccc(OCCCNC)cc1. The molecule has 1 N–H and O–H groups in total. The molecule has 0 radical (unpaired) electrons. The number of nitrogens with one attached hydrogen (secondary N) is 1. The van der Waals surface area contributed by atoms with Crippen LogP contribution in [-0.4, -0.2) is 46.5 Å². The summed E-state index contributed by atoms with van der Waals surface area (Å²) < 4.78 is 31.5. The molecule has 21 heavy (non-hydrogen) atoms. The highest BCUT2D eigenvalue weighted by Gasteiger charge is 2.20. The van der Waals surface area contributed by atoms with Gasteiger partial charge in [0.1, 0.15) is 5.75 Å². The minimum Gasteiger partial charge on any atom is -0.494 e. The summed E-state index contributed by atoms with van der Waals surface area (Å²) in [6.45, 7) is 7.33. The van der Waals surface area contributed by atoms with Crippen LogP contribution in [0.3, 0.4) is 0 Å². The Morgan fingerprint density at radius 3 is 2.48 bits per heavy atom. The fraction of sp³-hybridized carbons (Fsp3) is 0.467. The first kappa shape index (κ1) is 17.7. The lowest BCUT2D eigenvalue weighted by atomic mass is 10.3. The van der Waals surface area contributed by atoms with Gasteiger partial charge in [-0.25, -0.2) is 8.42 Å². The van der Waals surface area contributed by atoms with Crippen LogP contribution in [0.5, 0.6) is 5.75 Å². The van der Waals surface area contributed by atoms with E-state index in [9.17, 15) is 8.42 Å². The van der Waals surface area contributed by atoms with E-state index in [1.165, 1.54) is 4.31 Å². The van der Waals surface area contributed by atoms with Crippen LogP contribution in [0.25, 0.3) is 0 Å². The lowest BCUT2D eigenvalue weighted by Crippen LogP contribution is -2.28. The Bertz CT molecular complexity index is 553. The number of ether oxygens (including phenoxy) is 1. The van der Waals surface area contributed by atoms with E-state index in [0.29, 0.717) is 18.9 Å². The molecule has 0 aliphatic heterocycles. The average molecular weight is 312 g/mol. The average Bonchev–Trinajstić information content (AvgIpc) is 2.43. The van der Waals surface area contributed by atoms with Crippen LogP contribution in [0.15, 0.2) is 41.3 Å². The van der Waals surface area contributed by atoms with Gasteiger partial charge in [-0.05, 0) is 51.2 Å². The minimum absolute atomic E-state index is 0.258. The summed E-state index contributed by atoms with van der Waals surface area (Å²) in [5.41, 5.74) is 0.797. The highest BCUT2D eigenvalue weighted by molar-refractivity contribution is 7.89. The zero-order valence-electron chi connectivity index (χ0n) is 12.9. The Hall–Kier alpha value is -1.37. The van der Waals surface area contributed by atoms with E-state index in [1.54, 1.807) is 38.2 Å². The first-order valence-corrected chi connectivity index (χ1v) is 8.30. The van der Waals surface area contributed by atoms with E-state index in [-0.39, 0.29) is 4.90 Å². The van der Waals surface area contributed by atoms with Crippen LogP contribution in [0.2, 0.25) is 0 Å². The van der Waals surface area contributed by atoms with Crippen molar-refractivity contribution in [1.29, 1.82) is 0 Å². The van der Waals surface area contributed by atoms with Gasteiger partial charge in [-0.2, -0.15) is 4.31 Å². The Morgan fingerprint density at radius 2 is 1.95 bits per heavy atom. The van der Waals surface area contributed by atoms with E-state index in [2.05, 4.69) is 11.9 Å². The number of likely N-dealkylation sites (N-methyl/N-ethyl adjacent to an activating group) is 1. The summed E-state index contributed by atoms with van der Waals surface area (Å²) in [4.78, 5) is 0.258. The Balaban J connectivity index is 2.70. The molecule has 118 valence electrons. The molecular weight excluding hydrogens is 288 g/mol. The van der Waals surface area contributed by atoms with Crippen LogP contribution in [-0.2, 0) is 10.0 Å². The van der Waals surface area contributed by atoms with E-state index in [1.807, 2.05) is 7.05 Å². The molecule has 0 heterocycles. The van der Waals surface area contributed by atoms with Crippen molar-refractivity contribution >= 4 is 10.0 Å². The molecule has 0 fully saturated rings. The number of rotatable bonds is 9. The van der Waals surface area contributed by atoms with Crippen LogP contribution in [0.1, 0.15) is 13.3 Å². The molecule has 1 aromatic carbocycles. The normalized spacial score (nSPS) is 11.6. The van der Waals surface area contributed by atoms with Gasteiger partial charge >= 0.3 is 0 Å². The van der Waals surface area contributed by atoms with Crippen molar-refractivity contribution in [3.05, 3.63) is 36.4 Å². The number of benzene rings is 1. The summed E-state index contributed by atoms with van der Waals surface area (Å²) in [5.74, 6) is 0.674. The molecule has 0 atom stereocenters. The molecule has 6 heteroatoms. The molecule has 0 saturated carbocycles. The predicted molar refractivity (Wildman–Crippen MR) is 85.1 cm³/mol. The highest BCUT2D eigenvalue weighted by atomic mass is 32.2. The first-order valence-electron chi connectivity index (χ1n) is 6.86. The van der Waals surface area contributed by atoms with Gasteiger partial charge in [0, 0.05) is 13.6 Å². The highest BCUT2D eigenvalue weighted by Crippen LogP contribution is 2.19. The summed E-state index contributed by atoms with van der Waals surface area (Å²) in [7, 11) is -0.0352. The molecule has 1 aromatic rings. The second-order valence-corrected chi connectivity index (χ2v) is 7.04. The van der Waals surface area contributed by atoms with Crippen LogP contribution >= 0.6 is 0 Å². The number of sulfonamides is 1. The van der Waals surface area contributed by atoms with E-state index < -0.39 is 10.0 Å². The number of nitrogens with zero attached hydrogens (tertiary/aromatic N) is 1. The molecular formula is C15H24N2O3S. The second-order valence-electron chi connectivity index (χ2n) is 5.00. The molecule has 0 aliphatic rings. The van der Waals surface area contributed by atoms with E-state index in [0.717, 1.165) is 18.5 Å². The Labute approximate surface area is 127 Å². The van der Waals surface area contributed by atoms with Crippen LogP contribution < -0.4 is 10.1 Å². The lowest BCUT2D eigenvalue weighted by molar-refractivity contribution is 0.309. The standard InChI is InChI=1S/C15H24N2O3S/c1-13(2)12-17(4)21(18,19)15-8-6-14(7-9-15)20-11-5-10-16-3/h6-9,16H,1,5,10-12H2,2-4H3. The Kier molecular flexibility index (Phi) is 6.87. The summed E-state index contributed by atoms with van der Waals surface area (Å²) in [5, 5.41) is 3.04. The largest absolute Gasteiger partial charge is 0.494 e. The van der Waals surface area contributed by atoms with Gasteiger partial charge in [0.25, 0.3) is 0 Å². The zero-order chi connectivity index (χ0) is 15.9. The number of hydrogen-bond acceptors (Lipinski definition) is 4. The van der Waals surface area contributed by atoms with Gasteiger partial charge < -0.3 is 10.1 Å². The van der Waals surface area contributed by atoms with Crippen LogP contribution in [0.4, 0.5) is 0 Å². The molecule has 0 bridgehead atoms. The quantitative estimate of drug-likeness (QED) is 0.559. The van der Waals surface area contributed by atoms with Crippen molar-refractivity contribution in [1.82, 2.24) is 9.62 Å². The third kappa shape index (κ3) is 5.49. The minimum atomic E-state index is -3.47. The maximum atomic E-state index is 12.3. The van der Waals surface area contributed by atoms with Gasteiger partial charge in [-0.15, -0.1) is 0 Å². The zero-order valence-corrected chi connectivity index (χ0v) is 13.7. The molecule has 0 aliphatic carbocycles. The third-order valence-electron chi connectivity index (χ3n) is 2.86. The monoisotopic (exact) mass is 312 g/mol. The molecule has 5 nitrogen and oxygen atoms in total. The second kappa shape index (κ2) is 8.17. The maximum Gasteiger partial charge on any atom is 0.243 e. The van der Waals surface area contributed by atoms with Crippen molar-refractivity contribution in [2.24, 2.45) is 0 Å². The topological polar surface area (TPSA) is 58.6 Å². The molecule has 0 saturated heterocycles. The van der Waals surface area contributed by atoms with Gasteiger partial charge in [0.15, 0.2) is 0 Å². The molecule has 0 aromatic heterocycles. The third-order valence-corrected chi connectivity index (χ3v) is 4.68. The van der Waals surface area contributed by atoms with Gasteiger partial charge in [0.05, 0.1) is 11.5 Å². The Morgan fingerprint density at radius 1 is 1.33 bits per heavy atom. The molecule has 0 amide bonds. The van der Waals surface area contributed by atoms with Crippen molar-refractivity contribution in [2.75, 3.05) is 33.8 Å². The van der Waals surface area contributed by atoms with Gasteiger partial charge in [0.2, 0.25) is 10.0 Å². The van der Waals surface area contributed by atoms with E-state index in [4.69, 9.17) is 4.74 Å². The fourth-order valence-corrected chi connectivity index (χ4v) is 3.02. The molecule has 0 spiro atoms. The van der Waals surface area contributed by atoms with Crippen molar-refractivity contribution in [3.8, 4) is 5.75 Å². The summed E-state index contributed by atoms with van der Waals surface area (Å²) >= 11 is 0. The lowest BCUT2D eigenvalue weighted by Gasteiger charge is -2.17. The van der Waals surface area contributed by atoms with Crippen molar-refractivity contribution < 1.29 is 13.2 Å². The smallest absolute Gasteiger partial charge is 0.243 e. The number of hydrogen-bond donors (Lipinski definition) is 1. The molecule has 1 rings (SSSR count). The first-order chi connectivity index (χ1) is 9.87. The van der Waals surface area contributed by atoms with Crippen LogP contribution in [0, 0.1) is 0 Å². The maximum absolute atomic E-state index is 12.3. The predicted octanol–water partition coefficient (Wildman–Crippen LogP) is 1.87. The van der Waals surface area contributed by atoms with E-state index >= 15 is 0 Å². The summed E-state index contributed by atoms with van der Waals surface area (Å²) in [6, 6.07) is 6.50. The summed E-state index contributed by atoms with van der Waals surface area (Å²) in [6.07, 6.45) is 0.901. The van der Waals surface area contributed by atoms with Gasteiger partial charge in [-0.3, -0.25) is 0 Å².